The van der Waals surface area contributed by atoms with E-state index in [1.165, 1.54) is 19.3 Å². The molecule has 6 heteroatoms. The number of benzene rings is 2. The Labute approximate surface area is 175 Å². The van der Waals surface area contributed by atoms with Gasteiger partial charge in [0.05, 0.1) is 5.52 Å². The molecular formula is C24H25N3O3. The van der Waals surface area contributed by atoms with Gasteiger partial charge in [-0.3, -0.25) is 9.69 Å². The minimum absolute atomic E-state index is 0.140. The molecule has 2 aromatic carbocycles. The molecular weight excluding hydrogens is 378 g/mol. The van der Waals surface area contributed by atoms with Gasteiger partial charge in [-0.15, -0.1) is 0 Å². The summed E-state index contributed by atoms with van der Waals surface area (Å²) in [6.07, 6.45) is 6.04. The highest BCUT2D eigenvalue weighted by atomic mass is 16.7. The second-order valence-electron chi connectivity index (χ2n) is 8.41. The lowest BCUT2D eigenvalue weighted by molar-refractivity contribution is 0.0455. The number of hydrogen-bond donors (Lipinski definition) is 0. The third-order valence-electron chi connectivity index (χ3n) is 6.76. The summed E-state index contributed by atoms with van der Waals surface area (Å²) in [6, 6.07) is 14.8. The SMILES string of the molecule is O=C(c1ccc2c(ccn2-c2ccc3c(c2)OCO3)c1)N1CCN(C2CCC2)CC1. The Balaban J connectivity index is 1.22. The quantitative estimate of drug-likeness (QED) is 0.670. The summed E-state index contributed by atoms with van der Waals surface area (Å²) in [5.41, 5.74) is 2.85. The van der Waals surface area contributed by atoms with E-state index in [1.807, 2.05) is 47.5 Å². The second kappa shape index (κ2) is 7.06. The predicted octanol–water partition coefficient (Wildman–Crippen LogP) is 3.67. The normalized spacial score (nSPS) is 19.3. The number of carbonyl (C=O) groups excluding carboxylic acids is 1. The van der Waals surface area contributed by atoms with E-state index in [9.17, 15) is 4.79 Å². The number of amides is 1. The Morgan fingerprint density at radius 1 is 0.900 bits per heavy atom. The number of rotatable bonds is 3. The lowest BCUT2D eigenvalue weighted by Gasteiger charge is -2.42. The topological polar surface area (TPSA) is 46.9 Å². The molecule has 0 radical (unpaired) electrons. The van der Waals surface area contributed by atoms with Crippen LogP contribution in [-0.4, -0.2) is 59.3 Å². The summed E-state index contributed by atoms with van der Waals surface area (Å²) >= 11 is 0. The summed E-state index contributed by atoms with van der Waals surface area (Å²) < 4.78 is 13.0. The number of piperazine rings is 1. The van der Waals surface area contributed by atoms with Gasteiger partial charge in [0.2, 0.25) is 6.79 Å². The predicted molar refractivity (Wildman–Crippen MR) is 115 cm³/mol. The number of hydrogen-bond acceptors (Lipinski definition) is 4. The molecule has 1 aliphatic carbocycles. The van der Waals surface area contributed by atoms with Crippen molar-refractivity contribution in [2.45, 2.75) is 25.3 Å². The maximum atomic E-state index is 13.1. The molecule has 30 heavy (non-hydrogen) atoms. The molecule has 0 spiro atoms. The van der Waals surface area contributed by atoms with Crippen molar-refractivity contribution in [1.29, 1.82) is 0 Å². The van der Waals surface area contributed by atoms with Gasteiger partial charge >= 0.3 is 0 Å². The van der Waals surface area contributed by atoms with Crippen molar-refractivity contribution in [2.75, 3.05) is 33.0 Å². The Bertz CT molecular complexity index is 1110. The van der Waals surface area contributed by atoms with E-state index in [2.05, 4.69) is 15.5 Å². The molecule has 6 rings (SSSR count). The Kier molecular flexibility index (Phi) is 4.20. The van der Waals surface area contributed by atoms with Crippen molar-refractivity contribution >= 4 is 16.8 Å². The number of fused-ring (bicyclic) bond motifs is 2. The van der Waals surface area contributed by atoms with Crippen LogP contribution >= 0.6 is 0 Å². The van der Waals surface area contributed by atoms with Crippen LogP contribution in [0.15, 0.2) is 48.7 Å². The fraction of sp³-hybridized carbons (Fsp3) is 0.375. The monoisotopic (exact) mass is 403 g/mol. The first-order valence-corrected chi connectivity index (χ1v) is 10.8. The molecule has 1 saturated carbocycles. The van der Waals surface area contributed by atoms with Crippen LogP contribution in [0.2, 0.25) is 0 Å². The van der Waals surface area contributed by atoms with E-state index in [4.69, 9.17) is 9.47 Å². The third kappa shape index (κ3) is 2.94. The van der Waals surface area contributed by atoms with E-state index in [1.54, 1.807) is 0 Å². The zero-order chi connectivity index (χ0) is 20.1. The van der Waals surface area contributed by atoms with E-state index < -0.39 is 0 Å². The molecule has 3 aliphatic rings. The molecule has 0 atom stereocenters. The zero-order valence-corrected chi connectivity index (χ0v) is 16.9. The van der Waals surface area contributed by atoms with Crippen molar-refractivity contribution in [3.63, 3.8) is 0 Å². The van der Waals surface area contributed by atoms with Gasteiger partial charge in [-0.2, -0.15) is 0 Å². The lowest BCUT2D eigenvalue weighted by Crippen LogP contribution is -2.53. The molecule has 0 N–H and O–H groups in total. The Hall–Kier alpha value is -2.99. The highest BCUT2D eigenvalue weighted by Crippen LogP contribution is 2.35. The molecule has 0 bridgehead atoms. The van der Waals surface area contributed by atoms with Gasteiger partial charge in [0.15, 0.2) is 11.5 Å². The lowest BCUT2D eigenvalue weighted by atomic mass is 9.91. The number of carbonyl (C=O) groups is 1. The van der Waals surface area contributed by atoms with Crippen LogP contribution in [0.5, 0.6) is 11.5 Å². The van der Waals surface area contributed by atoms with Gasteiger partial charge in [-0.1, -0.05) is 6.42 Å². The molecule has 1 saturated heterocycles. The van der Waals surface area contributed by atoms with E-state index in [-0.39, 0.29) is 12.7 Å². The first kappa shape index (κ1) is 17.8. The third-order valence-corrected chi connectivity index (χ3v) is 6.76. The summed E-state index contributed by atoms with van der Waals surface area (Å²) in [7, 11) is 0. The van der Waals surface area contributed by atoms with Crippen molar-refractivity contribution in [1.82, 2.24) is 14.4 Å². The maximum Gasteiger partial charge on any atom is 0.253 e. The Morgan fingerprint density at radius 3 is 2.53 bits per heavy atom. The molecule has 3 heterocycles. The van der Waals surface area contributed by atoms with Crippen LogP contribution < -0.4 is 9.47 Å². The highest BCUT2D eigenvalue weighted by molar-refractivity contribution is 5.98. The zero-order valence-electron chi connectivity index (χ0n) is 16.9. The number of aromatic nitrogens is 1. The number of nitrogens with zero attached hydrogens (tertiary/aromatic N) is 3. The van der Waals surface area contributed by atoms with Gasteiger partial charge < -0.3 is 18.9 Å². The fourth-order valence-corrected chi connectivity index (χ4v) is 4.76. The number of ether oxygens (including phenoxy) is 2. The standard InChI is InChI=1S/C24H25N3O3/c28-24(26-12-10-25(11-13-26)19-2-1-3-19)18-4-6-21-17(14-18)8-9-27(21)20-5-7-22-23(15-20)30-16-29-22/h4-9,14-15,19H,1-3,10-13,16H2. The van der Waals surface area contributed by atoms with Crippen LogP contribution in [0.1, 0.15) is 29.6 Å². The molecule has 1 aromatic heterocycles. The summed E-state index contributed by atoms with van der Waals surface area (Å²) in [6.45, 7) is 3.92. The van der Waals surface area contributed by atoms with Crippen molar-refractivity contribution in [3.8, 4) is 17.2 Å². The van der Waals surface area contributed by atoms with Crippen LogP contribution in [0, 0.1) is 0 Å². The molecule has 3 aromatic rings. The van der Waals surface area contributed by atoms with Crippen LogP contribution in [-0.2, 0) is 0 Å². The van der Waals surface area contributed by atoms with Crippen molar-refractivity contribution in [2.24, 2.45) is 0 Å². The van der Waals surface area contributed by atoms with Gasteiger partial charge in [0.25, 0.3) is 5.91 Å². The summed E-state index contributed by atoms with van der Waals surface area (Å²) in [5, 5.41) is 1.06. The second-order valence-corrected chi connectivity index (χ2v) is 8.41. The molecule has 154 valence electrons. The van der Waals surface area contributed by atoms with Gasteiger partial charge in [0.1, 0.15) is 0 Å². The highest BCUT2D eigenvalue weighted by Gasteiger charge is 2.29. The van der Waals surface area contributed by atoms with E-state index >= 15 is 0 Å². The summed E-state index contributed by atoms with van der Waals surface area (Å²) in [5.74, 6) is 1.68. The van der Waals surface area contributed by atoms with E-state index in [0.29, 0.717) is 0 Å². The smallest absolute Gasteiger partial charge is 0.253 e. The van der Waals surface area contributed by atoms with Crippen LogP contribution in [0.4, 0.5) is 0 Å². The van der Waals surface area contributed by atoms with Gasteiger partial charge in [-0.05, 0) is 49.2 Å². The van der Waals surface area contributed by atoms with Crippen molar-refractivity contribution in [3.05, 3.63) is 54.2 Å². The summed E-state index contributed by atoms with van der Waals surface area (Å²) in [4.78, 5) is 17.6. The molecule has 2 fully saturated rings. The van der Waals surface area contributed by atoms with Gasteiger partial charge in [-0.25, -0.2) is 0 Å². The maximum absolute atomic E-state index is 13.1. The Morgan fingerprint density at radius 2 is 1.73 bits per heavy atom. The molecule has 2 aliphatic heterocycles. The minimum atomic E-state index is 0.140. The van der Waals surface area contributed by atoms with Crippen molar-refractivity contribution < 1.29 is 14.3 Å². The molecule has 0 unspecified atom stereocenters. The first-order valence-electron chi connectivity index (χ1n) is 10.8. The average Bonchev–Trinajstić information content (AvgIpc) is 3.38. The molecule has 6 nitrogen and oxygen atoms in total. The average molecular weight is 403 g/mol. The van der Waals surface area contributed by atoms with Crippen LogP contribution in [0.25, 0.3) is 16.6 Å². The minimum Gasteiger partial charge on any atom is -0.454 e. The largest absolute Gasteiger partial charge is 0.454 e. The van der Waals surface area contributed by atoms with Crippen LogP contribution in [0.3, 0.4) is 0 Å². The first-order chi connectivity index (χ1) is 14.8. The molecule has 1 amide bonds. The fourth-order valence-electron chi connectivity index (χ4n) is 4.76. The van der Waals surface area contributed by atoms with E-state index in [0.717, 1.165) is 65.9 Å². The van der Waals surface area contributed by atoms with Gasteiger partial charge in [0, 0.05) is 61.1 Å².